The van der Waals surface area contributed by atoms with E-state index in [9.17, 15) is 4.79 Å². The summed E-state index contributed by atoms with van der Waals surface area (Å²) in [5.74, 6) is 1.33. The van der Waals surface area contributed by atoms with E-state index < -0.39 is 0 Å². The third kappa shape index (κ3) is 4.24. The monoisotopic (exact) mass is 391 g/mol. The van der Waals surface area contributed by atoms with Crippen molar-refractivity contribution in [2.75, 3.05) is 19.7 Å². The van der Waals surface area contributed by atoms with E-state index in [-0.39, 0.29) is 12.1 Å². The first kappa shape index (κ1) is 19.4. The third-order valence-electron chi connectivity index (χ3n) is 5.85. The number of piperidine rings is 1. The fourth-order valence-electron chi connectivity index (χ4n) is 4.23. The summed E-state index contributed by atoms with van der Waals surface area (Å²) >= 11 is 0. The molecule has 2 aromatic carbocycles. The lowest BCUT2D eigenvalue weighted by molar-refractivity contribution is 0.178. The molecule has 29 heavy (non-hydrogen) atoms. The van der Waals surface area contributed by atoms with E-state index in [2.05, 4.69) is 40.8 Å². The zero-order valence-electron chi connectivity index (χ0n) is 17.2. The standard InChI is InChI=1S/C24H29N3O2/c1-3-29-20-8-6-7-19(15-20)17(2)26-24(28)27-13-11-18(12-14-27)22-16-25-23-10-5-4-9-21(22)23/h4-10,15-18,25H,3,11-14H2,1-2H3,(H,26,28). The van der Waals surface area contributed by atoms with Gasteiger partial charge in [0.25, 0.3) is 0 Å². The summed E-state index contributed by atoms with van der Waals surface area (Å²) in [6, 6.07) is 16.3. The average Bonchev–Trinajstić information content (AvgIpc) is 3.18. The fraction of sp³-hybridized carbons (Fsp3) is 0.375. The van der Waals surface area contributed by atoms with Gasteiger partial charge in [-0.25, -0.2) is 4.79 Å². The molecular formula is C24H29N3O2. The quantitative estimate of drug-likeness (QED) is 0.627. The van der Waals surface area contributed by atoms with Gasteiger partial charge in [0.15, 0.2) is 0 Å². The highest BCUT2D eigenvalue weighted by atomic mass is 16.5. The number of rotatable bonds is 5. The molecule has 152 valence electrons. The van der Waals surface area contributed by atoms with Gasteiger partial charge >= 0.3 is 6.03 Å². The second kappa shape index (κ2) is 8.60. The topological polar surface area (TPSA) is 57.4 Å². The summed E-state index contributed by atoms with van der Waals surface area (Å²) < 4.78 is 5.57. The second-order valence-corrected chi connectivity index (χ2v) is 7.73. The number of ether oxygens (including phenoxy) is 1. The molecule has 1 aliphatic heterocycles. The number of aromatic amines is 1. The molecule has 2 heterocycles. The van der Waals surface area contributed by atoms with Gasteiger partial charge in [-0.2, -0.15) is 0 Å². The molecule has 1 unspecified atom stereocenters. The Morgan fingerprint density at radius 3 is 2.79 bits per heavy atom. The Balaban J connectivity index is 1.35. The lowest BCUT2D eigenvalue weighted by atomic mass is 9.89. The van der Waals surface area contributed by atoms with E-state index in [0.29, 0.717) is 12.5 Å². The van der Waals surface area contributed by atoms with Crippen molar-refractivity contribution >= 4 is 16.9 Å². The predicted molar refractivity (Wildman–Crippen MR) is 116 cm³/mol. The number of carbonyl (C=O) groups excluding carboxylic acids is 1. The summed E-state index contributed by atoms with van der Waals surface area (Å²) in [5.41, 5.74) is 3.62. The summed E-state index contributed by atoms with van der Waals surface area (Å²) in [6.45, 7) is 6.18. The number of hydrogen-bond acceptors (Lipinski definition) is 2. The Morgan fingerprint density at radius 1 is 1.21 bits per heavy atom. The summed E-state index contributed by atoms with van der Waals surface area (Å²) in [6.07, 6.45) is 4.12. The van der Waals surface area contributed by atoms with Gasteiger partial charge in [0.2, 0.25) is 0 Å². The van der Waals surface area contributed by atoms with Crippen LogP contribution in [0.5, 0.6) is 5.75 Å². The minimum atomic E-state index is -0.0609. The van der Waals surface area contributed by atoms with Crippen LogP contribution < -0.4 is 10.1 Å². The Bertz CT molecular complexity index is 973. The number of aromatic nitrogens is 1. The molecule has 2 amide bonds. The first-order chi connectivity index (χ1) is 14.2. The van der Waals surface area contributed by atoms with Crippen LogP contribution in [0.25, 0.3) is 10.9 Å². The van der Waals surface area contributed by atoms with Crippen LogP contribution in [0.2, 0.25) is 0 Å². The van der Waals surface area contributed by atoms with Gasteiger partial charge < -0.3 is 19.9 Å². The van der Waals surface area contributed by atoms with E-state index >= 15 is 0 Å². The van der Waals surface area contributed by atoms with Crippen LogP contribution >= 0.6 is 0 Å². The van der Waals surface area contributed by atoms with Gasteiger partial charge in [-0.15, -0.1) is 0 Å². The number of para-hydroxylation sites is 1. The molecule has 2 N–H and O–H groups in total. The highest BCUT2D eigenvalue weighted by Crippen LogP contribution is 2.33. The molecule has 1 saturated heterocycles. The van der Waals surface area contributed by atoms with Crippen molar-refractivity contribution in [3.05, 3.63) is 65.9 Å². The van der Waals surface area contributed by atoms with Gasteiger partial charge in [-0.05, 0) is 61.9 Å². The average molecular weight is 392 g/mol. The SMILES string of the molecule is CCOc1cccc(C(C)NC(=O)N2CCC(c3c[nH]c4ccccc34)CC2)c1. The van der Waals surface area contributed by atoms with Crippen LogP contribution in [-0.4, -0.2) is 35.6 Å². The lowest BCUT2D eigenvalue weighted by Gasteiger charge is -2.33. The number of nitrogens with zero attached hydrogens (tertiary/aromatic N) is 1. The summed E-state index contributed by atoms with van der Waals surface area (Å²) in [4.78, 5) is 18.1. The van der Waals surface area contributed by atoms with Gasteiger partial charge in [0.1, 0.15) is 5.75 Å². The molecule has 0 radical (unpaired) electrons. The number of carbonyl (C=O) groups is 1. The maximum absolute atomic E-state index is 12.8. The molecule has 1 aromatic heterocycles. The van der Waals surface area contributed by atoms with Crippen molar-refractivity contribution in [1.29, 1.82) is 0 Å². The number of benzene rings is 2. The van der Waals surface area contributed by atoms with Crippen molar-refractivity contribution in [3.8, 4) is 5.75 Å². The molecule has 4 rings (SSSR count). The maximum Gasteiger partial charge on any atom is 0.317 e. The van der Waals surface area contributed by atoms with Crippen LogP contribution in [0.3, 0.4) is 0 Å². The first-order valence-corrected chi connectivity index (χ1v) is 10.5. The number of amides is 2. The second-order valence-electron chi connectivity index (χ2n) is 7.73. The van der Waals surface area contributed by atoms with E-state index in [4.69, 9.17) is 4.74 Å². The van der Waals surface area contributed by atoms with Crippen LogP contribution in [0.15, 0.2) is 54.7 Å². The third-order valence-corrected chi connectivity index (χ3v) is 5.85. The number of urea groups is 1. The number of H-pyrrole nitrogens is 1. The van der Waals surface area contributed by atoms with Gasteiger partial charge in [0.05, 0.1) is 12.6 Å². The van der Waals surface area contributed by atoms with Gasteiger partial charge in [-0.3, -0.25) is 0 Å². The van der Waals surface area contributed by atoms with Crippen molar-refractivity contribution in [2.24, 2.45) is 0 Å². The van der Waals surface area contributed by atoms with Crippen molar-refractivity contribution < 1.29 is 9.53 Å². The zero-order valence-corrected chi connectivity index (χ0v) is 17.2. The van der Waals surface area contributed by atoms with E-state index in [0.717, 1.165) is 37.2 Å². The summed E-state index contributed by atoms with van der Waals surface area (Å²) in [7, 11) is 0. The van der Waals surface area contributed by atoms with Gasteiger partial charge in [0, 0.05) is 30.2 Å². The minimum absolute atomic E-state index is 0.0108. The molecule has 1 fully saturated rings. The molecule has 3 aromatic rings. The molecule has 0 bridgehead atoms. The maximum atomic E-state index is 12.8. The van der Waals surface area contributed by atoms with E-state index in [1.54, 1.807) is 0 Å². The van der Waals surface area contributed by atoms with Crippen LogP contribution in [0, 0.1) is 0 Å². The predicted octanol–water partition coefficient (Wildman–Crippen LogP) is 5.22. The first-order valence-electron chi connectivity index (χ1n) is 10.5. The number of nitrogens with one attached hydrogen (secondary N) is 2. The normalized spacial score (nSPS) is 16.0. The lowest BCUT2D eigenvalue weighted by Crippen LogP contribution is -2.44. The highest BCUT2D eigenvalue weighted by molar-refractivity contribution is 5.83. The minimum Gasteiger partial charge on any atom is -0.494 e. The van der Waals surface area contributed by atoms with Crippen molar-refractivity contribution in [1.82, 2.24) is 15.2 Å². The molecule has 0 spiro atoms. The number of hydrogen-bond donors (Lipinski definition) is 2. The van der Waals surface area contributed by atoms with E-state index in [1.165, 1.54) is 16.5 Å². The highest BCUT2D eigenvalue weighted by Gasteiger charge is 2.26. The number of fused-ring (bicyclic) bond motifs is 1. The largest absolute Gasteiger partial charge is 0.494 e. The Morgan fingerprint density at radius 2 is 2.00 bits per heavy atom. The van der Waals surface area contributed by atoms with Crippen molar-refractivity contribution in [3.63, 3.8) is 0 Å². The van der Waals surface area contributed by atoms with Crippen LogP contribution in [-0.2, 0) is 0 Å². The van der Waals surface area contributed by atoms with Crippen LogP contribution in [0.4, 0.5) is 4.79 Å². The zero-order chi connectivity index (χ0) is 20.2. The fourth-order valence-corrected chi connectivity index (χ4v) is 4.23. The Labute approximate surface area is 172 Å². The molecule has 0 saturated carbocycles. The Kier molecular flexibility index (Phi) is 5.74. The van der Waals surface area contributed by atoms with Crippen molar-refractivity contribution in [2.45, 2.75) is 38.6 Å². The molecule has 0 aliphatic carbocycles. The molecule has 5 heteroatoms. The number of likely N-dealkylation sites (tertiary alicyclic amines) is 1. The Hall–Kier alpha value is -2.95. The molecule has 1 atom stereocenters. The molecule has 5 nitrogen and oxygen atoms in total. The van der Waals surface area contributed by atoms with Gasteiger partial charge in [-0.1, -0.05) is 30.3 Å². The van der Waals surface area contributed by atoms with Crippen LogP contribution in [0.1, 0.15) is 49.8 Å². The molecular weight excluding hydrogens is 362 g/mol. The smallest absolute Gasteiger partial charge is 0.317 e. The van der Waals surface area contributed by atoms with E-state index in [1.807, 2.05) is 43.0 Å². The molecule has 1 aliphatic rings. The summed E-state index contributed by atoms with van der Waals surface area (Å²) in [5, 5.41) is 4.44.